The van der Waals surface area contributed by atoms with Crippen molar-refractivity contribution in [1.29, 1.82) is 0 Å². The van der Waals surface area contributed by atoms with Crippen molar-refractivity contribution >= 4 is 41.1 Å². The number of benzene rings is 2. The van der Waals surface area contributed by atoms with Crippen molar-refractivity contribution in [3.05, 3.63) is 81.9 Å². The number of nitrogens with one attached hydrogen (secondary N) is 1. The molecule has 1 aliphatic heterocycles. The third-order valence-electron chi connectivity index (χ3n) is 6.34. The van der Waals surface area contributed by atoms with Gasteiger partial charge in [0.1, 0.15) is 18.1 Å². The number of carbonyl (C=O) groups is 6. The summed E-state index contributed by atoms with van der Waals surface area (Å²) in [5.74, 6) is -2.57. The molecule has 3 amide bonds. The number of nitrogens with zero attached hydrogens (tertiary/aromatic N) is 2. The molecule has 13 nitrogen and oxygen atoms in total. The number of nitro benzene ring substituents is 1. The van der Waals surface area contributed by atoms with Crippen LogP contribution in [0.15, 0.2) is 60.7 Å². The molecule has 2 aromatic rings. The molecule has 3 rings (SSSR count). The maximum Gasteiger partial charge on any atom is 0.514 e. The van der Waals surface area contributed by atoms with Gasteiger partial charge in [0.15, 0.2) is 5.78 Å². The summed E-state index contributed by atoms with van der Waals surface area (Å²) < 4.78 is 10.0. The van der Waals surface area contributed by atoms with Crippen LogP contribution in [0.25, 0.3) is 0 Å². The standard InChI is InChI=1S/C29H29N3O10/c1-18(15-23(33)13-14-31-26(35)11-12-27(31)36)28(37)30-19(2)25(34)16-20-3-5-21(6-4-20)17-41-29(38)42-24-9-7-22(8-10-24)32(39)40/h3-12,18-19H,13-17H2,1-2H3,(H,30,37)/t18-,19+/m1/s1. The van der Waals surface area contributed by atoms with Crippen molar-refractivity contribution in [2.75, 3.05) is 6.54 Å². The lowest BCUT2D eigenvalue weighted by Gasteiger charge is -2.17. The second kappa shape index (κ2) is 14.4. The van der Waals surface area contributed by atoms with E-state index in [2.05, 4.69) is 5.32 Å². The van der Waals surface area contributed by atoms with Crippen LogP contribution in [0.1, 0.15) is 37.8 Å². The van der Waals surface area contributed by atoms with Gasteiger partial charge in [-0.25, -0.2) is 4.79 Å². The van der Waals surface area contributed by atoms with Gasteiger partial charge in [0.2, 0.25) is 5.91 Å². The molecular formula is C29H29N3O10. The summed E-state index contributed by atoms with van der Waals surface area (Å²) in [5, 5.41) is 13.3. The van der Waals surface area contributed by atoms with Gasteiger partial charge in [-0.1, -0.05) is 31.2 Å². The lowest BCUT2D eigenvalue weighted by Crippen LogP contribution is -2.42. The fourth-order valence-electron chi connectivity index (χ4n) is 3.87. The van der Waals surface area contributed by atoms with Crippen LogP contribution < -0.4 is 10.1 Å². The Balaban J connectivity index is 1.38. The molecule has 0 aromatic heterocycles. The van der Waals surface area contributed by atoms with E-state index in [4.69, 9.17) is 9.47 Å². The van der Waals surface area contributed by atoms with E-state index < -0.39 is 40.8 Å². The number of hydrogen-bond donors (Lipinski definition) is 1. The van der Waals surface area contributed by atoms with Crippen molar-refractivity contribution in [1.82, 2.24) is 10.2 Å². The van der Waals surface area contributed by atoms with Crippen LogP contribution >= 0.6 is 0 Å². The van der Waals surface area contributed by atoms with Gasteiger partial charge in [0.05, 0.1) is 11.0 Å². The minimum atomic E-state index is -0.988. The van der Waals surface area contributed by atoms with Crippen LogP contribution in [-0.4, -0.2) is 57.9 Å². The number of nitro groups is 1. The predicted molar refractivity (Wildman–Crippen MR) is 146 cm³/mol. The molecule has 2 aromatic carbocycles. The SMILES string of the molecule is C[C@H](CC(=O)CCN1C(=O)C=CC1=O)C(=O)N[C@@H](C)C(=O)Cc1ccc(COC(=O)Oc2ccc([N+](=O)[O-])cc2)cc1. The maximum atomic E-state index is 12.7. The Morgan fingerprint density at radius 1 is 0.929 bits per heavy atom. The monoisotopic (exact) mass is 579 g/mol. The van der Waals surface area contributed by atoms with Crippen molar-refractivity contribution < 1.29 is 43.2 Å². The summed E-state index contributed by atoms with van der Waals surface area (Å²) in [7, 11) is 0. The zero-order chi connectivity index (χ0) is 30.8. The van der Waals surface area contributed by atoms with E-state index in [1.54, 1.807) is 38.1 Å². The highest BCUT2D eigenvalue weighted by Crippen LogP contribution is 2.18. The van der Waals surface area contributed by atoms with Crippen LogP contribution in [0, 0.1) is 16.0 Å². The van der Waals surface area contributed by atoms with Gasteiger partial charge in [-0.2, -0.15) is 0 Å². The number of non-ortho nitro benzene ring substituents is 1. The predicted octanol–water partition coefficient (Wildman–Crippen LogP) is 2.84. The molecule has 1 aliphatic rings. The fourth-order valence-corrected chi connectivity index (χ4v) is 3.87. The Morgan fingerprint density at radius 2 is 1.52 bits per heavy atom. The summed E-state index contributed by atoms with van der Waals surface area (Å²) in [4.78, 5) is 83.5. The molecule has 1 heterocycles. The van der Waals surface area contributed by atoms with Crippen molar-refractivity contribution in [2.45, 2.75) is 45.8 Å². The Hall–Kier alpha value is -5.20. The minimum absolute atomic E-state index is 0.0318. The second-order valence-electron chi connectivity index (χ2n) is 9.64. The molecule has 0 fully saturated rings. The van der Waals surface area contributed by atoms with Crippen LogP contribution in [0.5, 0.6) is 5.75 Å². The Labute approximate surface area is 240 Å². The highest BCUT2D eigenvalue weighted by molar-refractivity contribution is 6.13. The van der Waals surface area contributed by atoms with Gasteiger partial charge >= 0.3 is 6.16 Å². The lowest BCUT2D eigenvalue weighted by atomic mass is 10.00. The molecule has 2 atom stereocenters. The zero-order valence-electron chi connectivity index (χ0n) is 22.9. The van der Waals surface area contributed by atoms with Gasteiger partial charge in [-0.05, 0) is 30.2 Å². The average Bonchev–Trinajstić information content (AvgIpc) is 3.28. The molecule has 0 spiro atoms. The second-order valence-corrected chi connectivity index (χ2v) is 9.64. The first-order valence-electron chi connectivity index (χ1n) is 13.0. The molecule has 0 saturated heterocycles. The molecule has 0 saturated carbocycles. The van der Waals surface area contributed by atoms with E-state index >= 15 is 0 Å². The maximum absolute atomic E-state index is 12.7. The van der Waals surface area contributed by atoms with Gasteiger partial charge in [0, 0.05) is 56.0 Å². The highest BCUT2D eigenvalue weighted by Gasteiger charge is 2.25. The third-order valence-corrected chi connectivity index (χ3v) is 6.34. The van der Waals surface area contributed by atoms with Gasteiger partial charge in [-0.3, -0.25) is 39.0 Å². The topological polar surface area (TPSA) is 179 Å². The van der Waals surface area contributed by atoms with E-state index in [1.165, 1.54) is 24.3 Å². The molecule has 42 heavy (non-hydrogen) atoms. The van der Waals surface area contributed by atoms with E-state index in [0.717, 1.165) is 17.1 Å². The van der Waals surface area contributed by atoms with Crippen LogP contribution in [0.4, 0.5) is 10.5 Å². The van der Waals surface area contributed by atoms with Crippen LogP contribution in [-0.2, 0) is 41.7 Å². The molecule has 0 unspecified atom stereocenters. The number of amides is 3. The summed E-state index contributed by atoms with van der Waals surface area (Å²) >= 11 is 0. The molecular weight excluding hydrogens is 550 g/mol. The quantitative estimate of drug-likeness (QED) is 0.115. The number of hydrogen-bond acceptors (Lipinski definition) is 10. The van der Waals surface area contributed by atoms with Crippen molar-refractivity contribution in [3.63, 3.8) is 0 Å². The van der Waals surface area contributed by atoms with Gasteiger partial charge < -0.3 is 14.8 Å². The van der Waals surface area contributed by atoms with E-state index in [0.29, 0.717) is 11.1 Å². The van der Waals surface area contributed by atoms with Gasteiger partial charge in [0.25, 0.3) is 17.5 Å². The van der Waals surface area contributed by atoms with Crippen LogP contribution in [0.3, 0.4) is 0 Å². The van der Waals surface area contributed by atoms with Crippen molar-refractivity contribution in [3.8, 4) is 5.75 Å². The molecule has 0 radical (unpaired) electrons. The summed E-state index contributed by atoms with van der Waals surface area (Å²) in [6, 6.07) is 10.8. The average molecular weight is 580 g/mol. The Kier molecular flexibility index (Phi) is 10.8. The van der Waals surface area contributed by atoms with Crippen LogP contribution in [0.2, 0.25) is 0 Å². The number of ether oxygens (including phenoxy) is 2. The zero-order valence-corrected chi connectivity index (χ0v) is 22.9. The molecule has 0 bridgehead atoms. The third kappa shape index (κ3) is 9.18. The number of ketones is 2. The Morgan fingerprint density at radius 3 is 2.12 bits per heavy atom. The summed E-state index contributed by atoms with van der Waals surface area (Å²) in [6.07, 6.45) is 1.16. The number of carbonyl (C=O) groups excluding carboxylic acids is 6. The molecule has 1 N–H and O–H groups in total. The lowest BCUT2D eigenvalue weighted by molar-refractivity contribution is -0.384. The van der Waals surface area contributed by atoms with Crippen molar-refractivity contribution in [2.24, 2.45) is 5.92 Å². The van der Waals surface area contributed by atoms with E-state index in [9.17, 15) is 38.9 Å². The first kappa shape index (κ1) is 31.3. The normalized spacial score (nSPS) is 13.8. The molecule has 13 heteroatoms. The van der Waals surface area contributed by atoms with E-state index in [1.807, 2.05) is 0 Å². The minimum Gasteiger partial charge on any atom is -0.429 e. The fraction of sp³-hybridized carbons (Fsp3) is 0.310. The summed E-state index contributed by atoms with van der Waals surface area (Å²) in [6.45, 7) is 2.94. The number of Topliss-reactive ketones (excluding diaryl/α,β-unsaturated/α-hetero) is 2. The smallest absolute Gasteiger partial charge is 0.429 e. The molecule has 220 valence electrons. The van der Waals surface area contributed by atoms with Gasteiger partial charge in [-0.15, -0.1) is 0 Å². The largest absolute Gasteiger partial charge is 0.514 e. The first-order valence-corrected chi connectivity index (χ1v) is 13.0. The number of imide groups is 1. The molecule has 0 aliphatic carbocycles. The summed E-state index contributed by atoms with van der Waals surface area (Å²) in [5.41, 5.74) is 1.15. The Bertz CT molecular complexity index is 1380. The highest BCUT2D eigenvalue weighted by atomic mass is 16.7. The number of rotatable bonds is 14. The first-order chi connectivity index (χ1) is 19.9. The van der Waals surface area contributed by atoms with E-state index in [-0.39, 0.29) is 55.4 Å².